The molecule has 8 nitrogen and oxygen atoms in total. The van der Waals surface area contributed by atoms with Crippen LogP contribution in [0.15, 0.2) is 40.1 Å². The topological polar surface area (TPSA) is 110 Å². The summed E-state index contributed by atoms with van der Waals surface area (Å²) in [6.07, 6.45) is 6.91. The van der Waals surface area contributed by atoms with Crippen LogP contribution >= 0.6 is 0 Å². The third-order valence-electron chi connectivity index (χ3n) is 6.53. The number of benzene rings is 1. The Morgan fingerprint density at radius 2 is 1.75 bits per heavy atom. The van der Waals surface area contributed by atoms with Gasteiger partial charge in [0.25, 0.3) is 5.56 Å². The van der Waals surface area contributed by atoms with Crippen LogP contribution < -0.4 is 16.6 Å². The van der Waals surface area contributed by atoms with Crippen molar-refractivity contribution in [2.75, 3.05) is 0 Å². The first-order valence-electron chi connectivity index (χ1n) is 11.1. The molecule has 1 atom stereocenters. The maximum Gasteiger partial charge on any atom is 0.330 e. The van der Waals surface area contributed by atoms with Crippen LogP contribution in [0.3, 0.4) is 0 Å². The molecule has 1 amide bonds. The number of carbonyl (C=O) groups excluding carboxylic acids is 1. The van der Waals surface area contributed by atoms with Crippen molar-refractivity contribution in [1.29, 1.82) is 0 Å². The van der Waals surface area contributed by atoms with E-state index in [1.807, 2.05) is 6.92 Å². The third-order valence-corrected chi connectivity index (χ3v) is 6.53. The lowest BCUT2D eigenvalue weighted by molar-refractivity contribution is -0.144. The van der Waals surface area contributed by atoms with E-state index >= 15 is 0 Å². The number of nitrogens with zero attached hydrogens (tertiary/aromatic N) is 2. The summed E-state index contributed by atoms with van der Waals surface area (Å²) in [5.41, 5.74) is 0.503. The predicted molar refractivity (Wildman–Crippen MR) is 121 cm³/mol. The molecule has 0 radical (unpaired) electrons. The van der Waals surface area contributed by atoms with Gasteiger partial charge < -0.3 is 15.0 Å². The minimum absolute atomic E-state index is 0.148. The first kappa shape index (κ1) is 23.5. The number of carboxylic acids is 1. The largest absolute Gasteiger partial charge is 0.480 e. The summed E-state index contributed by atoms with van der Waals surface area (Å²) in [5.74, 6) is -1.23. The molecule has 0 bridgehead atoms. The van der Waals surface area contributed by atoms with Crippen molar-refractivity contribution in [1.82, 2.24) is 14.5 Å². The molecule has 32 heavy (non-hydrogen) atoms. The van der Waals surface area contributed by atoms with Gasteiger partial charge in [-0.3, -0.25) is 14.2 Å². The van der Waals surface area contributed by atoms with Crippen LogP contribution in [0.2, 0.25) is 0 Å². The van der Waals surface area contributed by atoms with E-state index < -0.39 is 28.7 Å². The number of aliphatic carboxylic acids is 1. The number of nitrogens with one attached hydrogen (secondary N) is 1. The maximum atomic E-state index is 13.0. The summed E-state index contributed by atoms with van der Waals surface area (Å²) in [7, 11) is 3.01. The van der Waals surface area contributed by atoms with E-state index in [1.165, 1.54) is 17.8 Å². The van der Waals surface area contributed by atoms with Gasteiger partial charge in [0.2, 0.25) is 5.91 Å². The molecule has 1 aromatic carbocycles. The molecule has 8 heteroatoms. The number of amides is 1. The first-order valence-corrected chi connectivity index (χ1v) is 11.1. The molecule has 172 valence electrons. The van der Waals surface area contributed by atoms with Crippen molar-refractivity contribution in [3.8, 4) is 11.1 Å². The second-order valence-electron chi connectivity index (χ2n) is 8.80. The van der Waals surface area contributed by atoms with Gasteiger partial charge in [-0.15, -0.1) is 0 Å². The molecule has 0 saturated heterocycles. The van der Waals surface area contributed by atoms with Crippen LogP contribution in [-0.4, -0.2) is 32.2 Å². The highest BCUT2D eigenvalue weighted by Gasteiger charge is 2.41. The van der Waals surface area contributed by atoms with Crippen LogP contribution in [0.4, 0.5) is 0 Å². The number of carboxylic acid groups (broad SMARTS) is 1. The molecule has 2 N–H and O–H groups in total. The summed E-state index contributed by atoms with van der Waals surface area (Å²) < 4.78 is 2.39. The van der Waals surface area contributed by atoms with Crippen LogP contribution in [0.5, 0.6) is 0 Å². The Morgan fingerprint density at radius 3 is 2.31 bits per heavy atom. The van der Waals surface area contributed by atoms with Crippen LogP contribution in [0, 0.1) is 5.41 Å². The molecule has 1 saturated carbocycles. The van der Waals surface area contributed by atoms with Gasteiger partial charge in [-0.1, -0.05) is 50.5 Å². The lowest BCUT2D eigenvalue weighted by atomic mass is 9.80. The Labute approximate surface area is 186 Å². The molecule has 1 heterocycles. The van der Waals surface area contributed by atoms with Gasteiger partial charge in [0.1, 0.15) is 6.04 Å². The van der Waals surface area contributed by atoms with E-state index in [0.29, 0.717) is 11.1 Å². The van der Waals surface area contributed by atoms with Crippen molar-refractivity contribution in [2.45, 2.75) is 57.9 Å². The van der Waals surface area contributed by atoms with Gasteiger partial charge in [0, 0.05) is 32.1 Å². The summed E-state index contributed by atoms with van der Waals surface area (Å²) in [4.78, 5) is 49.2. The molecular formula is C24H31N3O5. The normalized spacial score (nSPS) is 16.0. The summed E-state index contributed by atoms with van der Waals surface area (Å²) in [6, 6.07) is 5.94. The smallest absolute Gasteiger partial charge is 0.330 e. The molecule has 3 rings (SSSR count). The lowest BCUT2D eigenvalue weighted by Crippen LogP contribution is -2.48. The van der Waals surface area contributed by atoms with Gasteiger partial charge >= 0.3 is 11.7 Å². The molecule has 1 aromatic heterocycles. The van der Waals surface area contributed by atoms with E-state index in [1.54, 1.807) is 31.3 Å². The number of carbonyl (C=O) groups is 2. The average Bonchev–Trinajstić information content (AvgIpc) is 3.25. The fourth-order valence-electron chi connectivity index (χ4n) is 4.69. The van der Waals surface area contributed by atoms with E-state index in [-0.39, 0.29) is 12.3 Å². The van der Waals surface area contributed by atoms with Crippen molar-refractivity contribution in [2.24, 2.45) is 19.5 Å². The molecule has 1 aliphatic rings. The second-order valence-corrected chi connectivity index (χ2v) is 8.80. The molecule has 1 aliphatic carbocycles. The SMILES string of the molecule is CCCC1(C(=O)N[C@@H](Cc2ccc(-c3cn(C)c(=O)n(C)c3=O)cc2)C(=O)O)CCCC1. The second kappa shape index (κ2) is 9.54. The van der Waals surface area contributed by atoms with Crippen LogP contribution in [0.25, 0.3) is 11.1 Å². The number of hydrogen-bond acceptors (Lipinski definition) is 4. The molecule has 0 unspecified atom stereocenters. The van der Waals surface area contributed by atoms with Crippen LogP contribution in [-0.2, 0) is 30.1 Å². The van der Waals surface area contributed by atoms with Gasteiger partial charge in [0.15, 0.2) is 0 Å². The molecule has 0 aliphatic heterocycles. The van der Waals surface area contributed by atoms with E-state index in [2.05, 4.69) is 5.32 Å². The minimum Gasteiger partial charge on any atom is -0.480 e. The molecular weight excluding hydrogens is 410 g/mol. The van der Waals surface area contributed by atoms with E-state index in [0.717, 1.165) is 48.7 Å². The number of rotatable bonds is 8. The number of aryl methyl sites for hydroxylation is 1. The summed E-state index contributed by atoms with van der Waals surface area (Å²) in [6.45, 7) is 2.04. The average molecular weight is 442 g/mol. The molecule has 0 spiro atoms. The standard InChI is InChI=1S/C24H31N3O5/c1-4-11-24(12-5-6-13-24)22(31)25-19(21(29)30)14-16-7-9-17(10-8-16)18-15-26(2)23(32)27(3)20(18)28/h7-10,15,19H,4-6,11-14H2,1-3H3,(H,25,31)(H,29,30)/t19-/m0/s1. The molecule has 1 fully saturated rings. The fourth-order valence-corrected chi connectivity index (χ4v) is 4.69. The van der Waals surface area contributed by atoms with Gasteiger partial charge in [-0.05, 0) is 30.4 Å². The summed E-state index contributed by atoms with van der Waals surface area (Å²) in [5, 5.41) is 12.5. The zero-order valence-corrected chi connectivity index (χ0v) is 18.9. The molecule has 2 aromatic rings. The van der Waals surface area contributed by atoms with Crippen molar-refractivity contribution in [3.05, 3.63) is 56.9 Å². The zero-order chi connectivity index (χ0) is 23.5. The van der Waals surface area contributed by atoms with Gasteiger partial charge in [-0.25, -0.2) is 9.59 Å². The number of aromatic nitrogens is 2. The Bertz CT molecular complexity index is 1110. The quantitative estimate of drug-likeness (QED) is 0.653. The predicted octanol–water partition coefficient (Wildman–Crippen LogP) is 2.22. The van der Waals surface area contributed by atoms with Crippen molar-refractivity contribution >= 4 is 11.9 Å². The summed E-state index contributed by atoms with van der Waals surface area (Å²) >= 11 is 0. The minimum atomic E-state index is -1.07. The van der Waals surface area contributed by atoms with Crippen LogP contribution in [0.1, 0.15) is 51.0 Å². The lowest BCUT2D eigenvalue weighted by Gasteiger charge is -2.29. The van der Waals surface area contributed by atoms with E-state index in [4.69, 9.17) is 0 Å². The Kier molecular flexibility index (Phi) is 7.01. The first-order chi connectivity index (χ1) is 15.2. The van der Waals surface area contributed by atoms with Crippen molar-refractivity contribution in [3.63, 3.8) is 0 Å². The zero-order valence-electron chi connectivity index (χ0n) is 18.9. The number of hydrogen-bond donors (Lipinski definition) is 2. The monoisotopic (exact) mass is 441 g/mol. The highest BCUT2D eigenvalue weighted by molar-refractivity contribution is 5.87. The highest BCUT2D eigenvalue weighted by atomic mass is 16.4. The van der Waals surface area contributed by atoms with Gasteiger partial charge in [0.05, 0.1) is 5.56 Å². The fraction of sp³-hybridized carbons (Fsp3) is 0.500. The maximum absolute atomic E-state index is 13.0. The van der Waals surface area contributed by atoms with E-state index in [9.17, 15) is 24.3 Å². The van der Waals surface area contributed by atoms with Gasteiger partial charge in [-0.2, -0.15) is 0 Å². The Morgan fingerprint density at radius 1 is 1.12 bits per heavy atom. The Hall–Kier alpha value is -3.16. The van der Waals surface area contributed by atoms with Crippen molar-refractivity contribution < 1.29 is 14.7 Å². The third kappa shape index (κ3) is 4.69. The highest BCUT2D eigenvalue weighted by Crippen LogP contribution is 2.42. The Balaban J connectivity index is 1.78.